The topological polar surface area (TPSA) is 82.7 Å². The number of benzene rings is 1. The highest BCUT2D eigenvalue weighted by Gasteiger charge is 2.08. The van der Waals surface area contributed by atoms with Gasteiger partial charge in [0, 0.05) is 11.3 Å². The first-order valence-corrected chi connectivity index (χ1v) is 5.44. The summed E-state index contributed by atoms with van der Waals surface area (Å²) < 4.78 is 5.12. The van der Waals surface area contributed by atoms with E-state index in [4.69, 9.17) is 14.6 Å². The number of nitrogens with one attached hydrogen (secondary N) is 1. The highest BCUT2D eigenvalue weighted by molar-refractivity contribution is 5.87. The molecule has 0 aliphatic heterocycles. The summed E-state index contributed by atoms with van der Waals surface area (Å²) in [7, 11) is 0. The van der Waals surface area contributed by atoms with Gasteiger partial charge in [0.1, 0.15) is 12.0 Å². The molecule has 18 heavy (non-hydrogen) atoms. The van der Waals surface area contributed by atoms with Crippen LogP contribution >= 0.6 is 0 Å². The normalized spacial score (nSPS) is 10.3. The van der Waals surface area contributed by atoms with Crippen LogP contribution in [0.15, 0.2) is 41.0 Å². The van der Waals surface area contributed by atoms with E-state index in [1.54, 1.807) is 0 Å². The summed E-state index contributed by atoms with van der Waals surface area (Å²) in [4.78, 5) is 10.7. The van der Waals surface area contributed by atoms with E-state index >= 15 is 0 Å². The molecule has 1 aromatic heterocycles. The van der Waals surface area contributed by atoms with Crippen LogP contribution in [0.1, 0.15) is 21.7 Å². The standard InChI is InChI=1S/C13H13NO4/c15-7-9-3-1-2-4-12(9)14-6-11-5-10(8-18-11)13(16)17/h1-5,8,14-15H,6-7H2,(H,16,17). The van der Waals surface area contributed by atoms with Crippen LogP contribution in [0.5, 0.6) is 0 Å². The highest BCUT2D eigenvalue weighted by Crippen LogP contribution is 2.16. The summed E-state index contributed by atoms with van der Waals surface area (Å²) in [5, 5.41) is 21.0. The number of aromatic carboxylic acids is 1. The summed E-state index contributed by atoms with van der Waals surface area (Å²) in [6.07, 6.45) is 1.21. The van der Waals surface area contributed by atoms with Crippen LogP contribution in [0.4, 0.5) is 5.69 Å². The molecule has 0 bridgehead atoms. The second kappa shape index (κ2) is 5.37. The summed E-state index contributed by atoms with van der Waals surface area (Å²) in [6.45, 7) is 0.312. The number of carboxylic acid groups (broad SMARTS) is 1. The lowest BCUT2D eigenvalue weighted by atomic mass is 10.2. The molecule has 5 nitrogen and oxygen atoms in total. The van der Waals surface area contributed by atoms with Crippen LogP contribution in [0.25, 0.3) is 0 Å². The minimum Gasteiger partial charge on any atom is -0.478 e. The second-order valence-corrected chi connectivity index (χ2v) is 3.78. The molecule has 0 atom stereocenters. The summed E-state index contributed by atoms with van der Waals surface area (Å²) in [5.41, 5.74) is 1.71. The van der Waals surface area contributed by atoms with Crippen molar-refractivity contribution in [3.05, 3.63) is 53.5 Å². The zero-order chi connectivity index (χ0) is 13.0. The fraction of sp³-hybridized carbons (Fsp3) is 0.154. The van der Waals surface area contributed by atoms with Gasteiger partial charge in [0.2, 0.25) is 0 Å². The first kappa shape index (κ1) is 12.2. The van der Waals surface area contributed by atoms with Crippen molar-refractivity contribution < 1.29 is 19.4 Å². The Balaban J connectivity index is 2.04. The summed E-state index contributed by atoms with van der Waals surface area (Å²) in [5.74, 6) is -0.485. The van der Waals surface area contributed by atoms with Crippen molar-refractivity contribution in [3.63, 3.8) is 0 Å². The number of furan rings is 1. The third-order valence-corrected chi connectivity index (χ3v) is 2.54. The molecule has 1 aromatic carbocycles. The van der Waals surface area contributed by atoms with E-state index in [-0.39, 0.29) is 12.2 Å². The van der Waals surface area contributed by atoms with Gasteiger partial charge in [-0.15, -0.1) is 0 Å². The van der Waals surface area contributed by atoms with E-state index in [0.29, 0.717) is 12.3 Å². The second-order valence-electron chi connectivity index (χ2n) is 3.78. The maximum atomic E-state index is 10.7. The predicted octanol–water partition coefficient (Wildman–Crippen LogP) is 2.08. The Bertz CT molecular complexity index is 547. The van der Waals surface area contributed by atoms with Gasteiger partial charge >= 0.3 is 5.97 Å². The van der Waals surface area contributed by atoms with E-state index in [1.165, 1.54) is 12.3 Å². The molecule has 0 aliphatic rings. The molecule has 2 rings (SSSR count). The van der Waals surface area contributed by atoms with E-state index in [1.807, 2.05) is 24.3 Å². The number of rotatable bonds is 5. The SMILES string of the molecule is O=C(O)c1coc(CNc2ccccc2CO)c1. The van der Waals surface area contributed by atoms with Crippen LogP contribution in [0, 0.1) is 0 Å². The molecule has 0 radical (unpaired) electrons. The number of anilines is 1. The van der Waals surface area contributed by atoms with Gasteiger partial charge in [-0.2, -0.15) is 0 Å². The molecule has 0 unspecified atom stereocenters. The predicted molar refractivity (Wildman–Crippen MR) is 65.4 cm³/mol. The molecule has 5 heteroatoms. The van der Waals surface area contributed by atoms with Gasteiger partial charge in [0.25, 0.3) is 0 Å². The third kappa shape index (κ3) is 2.70. The molecule has 3 N–H and O–H groups in total. The number of aliphatic hydroxyl groups is 1. The van der Waals surface area contributed by atoms with Crippen molar-refractivity contribution in [1.82, 2.24) is 0 Å². The van der Waals surface area contributed by atoms with Gasteiger partial charge in [-0.05, 0) is 12.1 Å². The monoisotopic (exact) mass is 247 g/mol. The van der Waals surface area contributed by atoms with E-state index in [2.05, 4.69) is 5.32 Å². The van der Waals surface area contributed by atoms with Gasteiger partial charge < -0.3 is 19.9 Å². The van der Waals surface area contributed by atoms with Crippen molar-refractivity contribution in [3.8, 4) is 0 Å². The van der Waals surface area contributed by atoms with Gasteiger partial charge in [0.15, 0.2) is 0 Å². The van der Waals surface area contributed by atoms with Crippen molar-refractivity contribution >= 4 is 11.7 Å². The number of hydrogen-bond acceptors (Lipinski definition) is 4. The largest absolute Gasteiger partial charge is 0.478 e. The Morgan fingerprint density at radius 3 is 2.78 bits per heavy atom. The maximum absolute atomic E-state index is 10.7. The lowest BCUT2D eigenvalue weighted by molar-refractivity contribution is 0.0696. The van der Waals surface area contributed by atoms with Crippen LogP contribution in [0.2, 0.25) is 0 Å². The van der Waals surface area contributed by atoms with Crippen molar-refractivity contribution in [2.45, 2.75) is 13.2 Å². The number of carbonyl (C=O) groups is 1. The van der Waals surface area contributed by atoms with Crippen molar-refractivity contribution in [2.24, 2.45) is 0 Å². The molecule has 0 amide bonds. The molecule has 1 heterocycles. The van der Waals surface area contributed by atoms with E-state index < -0.39 is 5.97 Å². The molecule has 0 saturated carbocycles. The number of para-hydroxylation sites is 1. The van der Waals surface area contributed by atoms with Gasteiger partial charge in [-0.25, -0.2) is 4.79 Å². The molecule has 0 saturated heterocycles. The minimum atomic E-state index is -1.01. The van der Waals surface area contributed by atoms with Gasteiger partial charge in [0.05, 0.1) is 18.7 Å². The lowest BCUT2D eigenvalue weighted by Gasteiger charge is -2.08. The molecular formula is C13H13NO4. The minimum absolute atomic E-state index is 0.0539. The molecule has 0 spiro atoms. The molecule has 0 fully saturated rings. The molecule has 0 aliphatic carbocycles. The van der Waals surface area contributed by atoms with Gasteiger partial charge in [-0.3, -0.25) is 0 Å². The quantitative estimate of drug-likeness (QED) is 0.753. The fourth-order valence-corrected chi connectivity index (χ4v) is 1.60. The number of hydrogen-bond donors (Lipinski definition) is 3. The lowest BCUT2D eigenvalue weighted by Crippen LogP contribution is -2.01. The number of aliphatic hydroxyl groups excluding tert-OH is 1. The summed E-state index contributed by atoms with van der Waals surface area (Å²) >= 11 is 0. The Morgan fingerprint density at radius 2 is 2.11 bits per heavy atom. The average molecular weight is 247 g/mol. The Hall–Kier alpha value is -2.27. The molecule has 2 aromatic rings. The maximum Gasteiger partial charge on any atom is 0.338 e. The van der Waals surface area contributed by atoms with Crippen LogP contribution in [-0.4, -0.2) is 16.2 Å². The van der Waals surface area contributed by atoms with Crippen LogP contribution in [-0.2, 0) is 13.2 Å². The van der Waals surface area contributed by atoms with E-state index in [9.17, 15) is 4.79 Å². The first-order valence-electron chi connectivity index (χ1n) is 5.44. The van der Waals surface area contributed by atoms with Gasteiger partial charge in [-0.1, -0.05) is 18.2 Å². The first-order chi connectivity index (χ1) is 8.70. The van der Waals surface area contributed by atoms with Crippen molar-refractivity contribution in [1.29, 1.82) is 0 Å². The highest BCUT2D eigenvalue weighted by atomic mass is 16.4. The zero-order valence-corrected chi connectivity index (χ0v) is 9.59. The Labute approximate surface area is 104 Å². The van der Waals surface area contributed by atoms with Crippen LogP contribution < -0.4 is 5.32 Å². The molecular weight excluding hydrogens is 234 g/mol. The molecule has 94 valence electrons. The zero-order valence-electron chi connectivity index (χ0n) is 9.59. The summed E-state index contributed by atoms with van der Waals surface area (Å²) in [6, 6.07) is 8.81. The number of carboxylic acids is 1. The third-order valence-electron chi connectivity index (χ3n) is 2.54. The van der Waals surface area contributed by atoms with Crippen molar-refractivity contribution in [2.75, 3.05) is 5.32 Å². The smallest absolute Gasteiger partial charge is 0.338 e. The van der Waals surface area contributed by atoms with E-state index in [0.717, 1.165) is 11.3 Å². The Morgan fingerprint density at radius 1 is 1.33 bits per heavy atom. The average Bonchev–Trinajstić information content (AvgIpc) is 2.85. The Kier molecular flexibility index (Phi) is 3.64. The van der Waals surface area contributed by atoms with Crippen LogP contribution in [0.3, 0.4) is 0 Å². The fourth-order valence-electron chi connectivity index (χ4n) is 1.60.